The van der Waals surface area contributed by atoms with E-state index in [0.29, 0.717) is 0 Å². The van der Waals surface area contributed by atoms with Crippen LogP contribution in [0.15, 0.2) is 30.5 Å². The largest absolute Gasteiger partial charge is 0.384 e. The topological polar surface area (TPSA) is 28.2 Å². The van der Waals surface area contributed by atoms with Gasteiger partial charge in [0.2, 0.25) is 0 Å². The van der Waals surface area contributed by atoms with Crippen LogP contribution in [0.3, 0.4) is 0 Å². The molecule has 0 aliphatic heterocycles. The number of anilines is 1. The van der Waals surface area contributed by atoms with Crippen molar-refractivity contribution in [2.75, 3.05) is 32.5 Å². The number of nitrogens with zero attached hydrogens (tertiary/aromatic N) is 2. The summed E-state index contributed by atoms with van der Waals surface area (Å²) in [7, 11) is 4.27. The fraction of sp³-hybridized carbons (Fsp3) is 0.500. The van der Waals surface area contributed by atoms with Gasteiger partial charge in [-0.05, 0) is 57.7 Å². The first kappa shape index (κ1) is 17.0. The molecule has 0 bridgehead atoms. The summed E-state index contributed by atoms with van der Waals surface area (Å²) >= 11 is 6.01. The Balaban J connectivity index is 1.71. The third kappa shape index (κ3) is 5.47. The number of benzene rings is 1. The van der Waals surface area contributed by atoms with E-state index < -0.39 is 0 Å². The lowest BCUT2D eigenvalue weighted by molar-refractivity contribution is 0.390. The molecule has 0 aliphatic rings. The van der Waals surface area contributed by atoms with Gasteiger partial charge in [0.25, 0.3) is 0 Å². The molecule has 0 saturated carbocycles. The van der Waals surface area contributed by atoms with Crippen molar-refractivity contribution < 1.29 is 0 Å². The van der Waals surface area contributed by atoms with Crippen LogP contribution in [0.1, 0.15) is 32.1 Å². The number of halogens is 1. The molecule has 22 heavy (non-hydrogen) atoms. The Bertz CT molecular complexity index is 584. The number of pyridine rings is 1. The van der Waals surface area contributed by atoms with Crippen molar-refractivity contribution in [3.8, 4) is 0 Å². The van der Waals surface area contributed by atoms with Crippen LogP contribution in [-0.2, 0) is 0 Å². The van der Waals surface area contributed by atoms with Gasteiger partial charge >= 0.3 is 0 Å². The minimum Gasteiger partial charge on any atom is -0.384 e. The van der Waals surface area contributed by atoms with Gasteiger partial charge in [-0.25, -0.2) is 0 Å². The SMILES string of the molecule is CN(C)CCCCCCCNc1ccnc2cc(Cl)ccc12. The highest BCUT2D eigenvalue weighted by molar-refractivity contribution is 6.31. The van der Waals surface area contributed by atoms with Crippen molar-refractivity contribution >= 4 is 28.2 Å². The average molecular weight is 320 g/mol. The fourth-order valence-electron chi connectivity index (χ4n) is 2.58. The Morgan fingerprint density at radius 1 is 1.05 bits per heavy atom. The van der Waals surface area contributed by atoms with Gasteiger partial charge in [0.15, 0.2) is 0 Å². The third-order valence-electron chi connectivity index (χ3n) is 3.80. The maximum absolute atomic E-state index is 6.01. The van der Waals surface area contributed by atoms with Gasteiger partial charge in [0, 0.05) is 28.8 Å². The molecular weight excluding hydrogens is 294 g/mol. The van der Waals surface area contributed by atoms with E-state index in [0.717, 1.165) is 28.2 Å². The lowest BCUT2D eigenvalue weighted by atomic mass is 10.1. The number of rotatable bonds is 9. The van der Waals surface area contributed by atoms with E-state index >= 15 is 0 Å². The lowest BCUT2D eigenvalue weighted by Crippen LogP contribution is -2.12. The molecule has 0 fully saturated rings. The summed E-state index contributed by atoms with van der Waals surface area (Å²) in [6, 6.07) is 7.90. The number of unbranched alkanes of at least 4 members (excludes halogenated alkanes) is 4. The highest BCUT2D eigenvalue weighted by atomic mass is 35.5. The van der Waals surface area contributed by atoms with E-state index in [1.807, 2.05) is 30.5 Å². The smallest absolute Gasteiger partial charge is 0.0737 e. The van der Waals surface area contributed by atoms with Crippen molar-refractivity contribution in [3.05, 3.63) is 35.5 Å². The molecule has 3 nitrogen and oxygen atoms in total. The Morgan fingerprint density at radius 3 is 2.64 bits per heavy atom. The summed E-state index contributed by atoms with van der Waals surface area (Å²) < 4.78 is 0. The molecule has 0 saturated heterocycles. The van der Waals surface area contributed by atoms with Gasteiger partial charge in [0.05, 0.1) is 5.52 Å². The quantitative estimate of drug-likeness (QED) is 0.672. The second-order valence-electron chi connectivity index (χ2n) is 6.02. The third-order valence-corrected chi connectivity index (χ3v) is 4.04. The first-order valence-electron chi connectivity index (χ1n) is 8.10. The molecule has 1 aromatic heterocycles. The van der Waals surface area contributed by atoms with E-state index in [-0.39, 0.29) is 0 Å². The second kappa shape index (κ2) is 8.96. The number of fused-ring (bicyclic) bond motifs is 1. The molecule has 2 aromatic rings. The average Bonchev–Trinajstić information content (AvgIpc) is 2.49. The zero-order valence-electron chi connectivity index (χ0n) is 13.6. The molecule has 0 amide bonds. The predicted molar refractivity (Wildman–Crippen MR) is 96.9 cm³/mol. The number of hydrogen-bond acceptors (Lipinski definition) is 3. The van der Waals surface area contributed by atoms with Crippen LogP contribution in [0.4, 0.5) is 5.69 Å². The van der Waals surface area contributed by atoms with Crippen molar-refractivity contribution in [1.29, 1.82) is 0 Å². The maximum Gasteiger partial charge on any atom is 0.0737 e. The molecule has 1 N–H and O–H groups in total. The lowest BCUT2D eigenvalue weighted by Gasteiger charge is -2.10. The van der Waals surface area contributed by atoms with Crippen LogP contribution >= 0.6 is 11.6 Å². The first-order chi connectivity index (χ1) is 10.7. The van der Waals surface area contributed by atoms with Crippen molar-refractivity contribution in [2.24, 2.45) is 0 Å². The van der Waals surface area contributed by atoms with Crippen LogP contribution < -0.4 is 5.32 Å². The van der Waals surface area contributed by atoms with E-state index in [2.05, 4.69) is 29.3 Å². The molecule has 1 aromatic carbocycles. The number of nitrogens with one attached hydrogen (secondary N) is 1. The monoisotopic (exact) mass is 319 g/mol. The molecule has 0 radical (unpaired) electrons. The van der Waals surface area contributed by atoms with Gasteiger partial charge in [-0.15, -0.1) is 0 Å². The number of hydrogen-bond donors (Lipinski definition) is 1. The molecule has 2 rings (SSSR count). The Labute approximate surface area is 138 Å². The highest BCUT2D eigenvalue weighted by Crippen LogP contribution is 2.24. The first-order valence-corrected chi connectivity index (χ1v) is 8.47. The fourth-order valence-corrected chi connectivity index (χ4v) is 2.75. The van der Waals surface area contributed by atoms with Crippen molar-refractivity contribution in [2.45, 2.75) is 32.1 Å². The van der Waals surface area contributed by atoms with E-state index in [4.69, 9.17) is 11.6 Å². The molecular formula is C18H26ClN3. The summed E-state index contributed by atoms with van der Waals surface area (Å²) in [6.07, 6.45) is 8.28. The second-order valence-corrected chi connectivity index (χ2v) is 6.45. The molecule has 120 valence electrons. The summed E-state index contributed by atoms with van der Waals surface area (Å²) in [5.41, 5.74) is 2.09. The van der Waals surface area contributed by atoms with Crippen LogP contribution in [-0.4, -0.2) is 37.1 Å². The molecule has 0 unspecified atom stereocenters. The zero-order valence-corrected chi connectivity index (χ0v) is 14.4. The van der Waals surface area contributed by atoms with Gasteiger partial charge in [-0.3, -0.25) is 4.98 Å². The molecule has 0 atom stereocenters. The molecule has 4 heteroatoms. The summed E-state index contributed by atoms with van der Waals surface area (Å²) in [4.78, 5) is 6.62. The Hall–Kier alpha value is -1.32. The summed E-state index contributed by atoms with van der Waals surface area (Å²) in [6.45, 7) is 2.21. The standard InChI is InChI=1S/C18H26ClN3/c1-22(2)13-7-5-3-4-6-11-20-17-10-12-21-18-14-15(19)8-9-16(17)18/h8-10,12,14H,3-7,11,13H2,1-2H3,(H,20,21). The van der Waals surface area contributed by atoms with Crippen molar-refractivity contribution in [1.82, 2.24) is 9.88 Å². The van der Waals surface area contributed by atoms with Gasteiger partial charge in [-0.2, -0.15) is 0 Å². The van der Waals surface area contributed by atoms with E-state index in [9.17, 15) is 0 Å². The van der Waals surface area contributed by atoms with Crippen LogP contribution in [0, 0.1) is 0 Å². The Kier molecular flexibility index (Phi) is 6.94. The van der Waals surface area contributed by atoms with Gasteiger partial charge in [0.1, 0.15) is 0 Å². The van der Waals surface area contributed by atoms with Crippen LogP contribution in [0.2, 0.25) is 5.02 Å². The van der Waals surface area contributed by atoms with Gasteiger partial charge < -0.3 is 10.2 Å². The molecule has 0 aliphatic carbocycles. The van der Waals surface area contributed by atoms with Crippen molar-refractivity contribution in [3.63, 3.8) is 0 Å². The normalized spacial score (nSPS) is 11.3. The maximum atomic E-state index is 6.01. The zero-order chi connectivity index (χ0) is 15.8. The summed E-state index contributed by atoms with van der Waals surface area (Å²) in [5.74, 6) is 0. The minimum absolute atomic E-state index is 0.731. The van der Waals surface area contributed by atoms with Gasteiger partial charge in [-0.1, -0.05) is 30.9 Å². The van der Waals surface area contributed by atoms with E-state index in [1.165, 1.54) is 38.6 Å². The number of aromatic nitrogens is 1. The van der Waals surface area contributed by atoms with Crippen LogP contribution in [0.25, 0.3) is 10.9 Å². The summed E-state index contributed by atoms with van der Waals surface area (Å²) in [5, 5.41) is 5.39. The minimum atomic E-state index is 0.731. The predicted octanol–water partition coefficient (Wildman–Crippen LogP) is 4.81. The van der Waals surface area contributed by atoms with Crippen LogP contribution in [0.5, 0.6) is 0 Å². The van der Waals surface area contributed by atoms with E-state index in [1.54, 1.807) is 0 Å². The Morgan fingerprint density at radius 2 is 1.82 bits per heavy atom. The highest BCUT2D eigenvalue weighted by Gasteiger charge is 2.02. The molecule has 0 spiro atoms. The molecule has 1 heterocycles.